The third-order valence-electron chi connectivity index (χ3n) is 4.01. The molecule has 118 valence electrons. The Hall–Kier alpha value is -2.55. The molecule has 1 N–H and O–H groups in total. The van der Waals surface area contributed by atoms with E-state index in [1.54, 1.807) is 0 Å². The van der Waals surface area contributed by atoms with E-state index >= 15 is 0 Å². The average Bonchev–Trinajstić information content (AvgIpc) is 2.54. The highest BCUT2D eigenvalue weighted by Crippen LogP contribution is 2.27. The highest BCUT2D eigenvalue weighted by Gasteiger charge is 2.17. The number of anilines is 1. The molecule has 0 aromatic heterocycles. The van der Waals surface area contributed by atoms with Gasteiger partial charge in [0.1, 0.15) is 12.4 Å². The van der Waals surface area contributed by atoms with Crippen LogP contribution in [0.25, 0.3) is 6.08 Å². The number of carbonyl (C=O) groups is 1. The van der Waals surface area contributed by atoms with Gasteiger partial charge in [0, 0.05) is 11.3 Å². The van der Waals surface area contributed by atoms with Crippen molar-refractivity contribution in [3.63, 3.8) is 0 Å². The monoisotopic (exact) mass is 307 g/mol. The van der Waals surface area contributed by atoms with Crippen molar-refractivity contribution in [2.45, 2.75) is 26.7 Å². The summed E-state index contributed by atoms with van der Waals surface area (Å²) < 4.78 is 5.67. The molecule has 0 saturated carbocycles. The van der Waals surface area contributed by atoms with Gasteiger partial charge in [-0.25, -0.2) is 0 Å². The maximum atomic E-state index is 12.4. The predicted molar refractivity (Wildman–Crippen MR) is 93.8 cm³/mol. The van der Waals surface area contributed by atoms with Gasteiger partial charge in [-0.3, -0.25) is 4.79 Å². The first-order valence-electron chi connectivity index (χ1n) is 7.88. The summed E-state index contributed by atoms with van der Waals surface area (Å²) in [5.41, 5.74) is 4.80. The van der Waals surface area contributed by atoms with E-state index in [9.17, 15) is 4.79 Å². The van der Waals surface area contributed by atoms with Gasteiger partial charge in [0.05, 0.1) is 5.57 Å². The normalized spacial score (nSPS) is 13.1. The van der Waals surface area contributed by atoms with Gasteiger partial charge in [-0.1, -0.05) is 37.6 Å². The molecule has 1 amide bonds. The van der Waals surface area contributed by atoms with Crippen LogP contribution in [-0.2, 0) is 4.79 Å². The van der Waals surface area contributed by atoms with Gasteiger partial charge in [0.2, 0.25) is 0 Å². The number of aryl methyl sites for hydroxylation is 1. The van der Waals surface area contributed by atoms with Crippen LogP contribution in [0.1, 0.15) is 36.5 Å². The first-order chi connectivity index (χ1) is 11.0. The van der Waals surface area contributed by atoms with Crippen molar-refractivity contribution in [1.29, 1.82) is 0 Å². The molecule has 1 heterocycles. The van der Waals surface area contributed by atoms with Crippen molar-refractivity contribution in [3.05, 3.63) is 64.7 Å². The van der Waals surface area contributed by atoms with Gasteiger partial charge in [0.15, 0.2) is 0 Å². The van der Waals surface area contributed by atoms with Crippen LogP contribution in [0.3, 0.4) is 0 Å². The molecular weight excluding hydrogens is 286 g/mol. The molecule has 1 aliphatic heterocycles. The topological polar surface area (TPSA) is 38.3 Å². The fraction of sp³-hybridized carbons (Fsp3) is 0.250. The molecule has 3 heteroatoms. The van der Waals surface area contributed by atoms with Crippen LogP contribution in [0.4, 0.5) is 5.69 Å². The molecule has 0 bridgehead atoms. The summed E-state index contributed by atoms with van der Waals surface area (Å²) in [6.45, 7) is 6.62. The Morgan fingerprint density at radius 2 is 1.87 bits per heavy atom. The SMILES string of the molecule is Cc1ccc2c(c1)C=C(C(=O)Nc1ccc(C(C)C)cc1)CO2. The Kier molecular flexibility index (Phi) is 4.20. The Labute approximate surface area is 137 Å². The molecular formula is C20H21NO2. The molecule has 2 aromatic rings. The fourth-order valence-electron chi connectivity index (χ4n) is 2.59. The summed E-state index contributed by atoms with van der Waals surface area (Å²) in [4.78, 5) is 12.4. The molecule has 0 aliphatic carbocycles. The zero-order valence-electron chi connectivity index (χ0n) is 13.7. The summed E-state index contributed by atoms with van der Waals surface area (Å²) in [5, 5.41) is 2.94. The maximum absolute atomic E-state index is 12.4. The highest BCUT2D eigenvalue weighted by molar-refractivity contribution is 6.07. The Morgan fingerprint density at radius 3 is 2.57 bits per heavy atom. The minimum absolute atomic E-state index is 0.116. The van der Waals surface area contributed by atoms with Crippen molar-refractivity contribution in [3.8, 4) is 5.75 Å². The molecule has 0 unspecified atom stereocenters. The van der Waals surface area contributed by atoms with Gasteiger partial charge in [0.25, 0.3) is 5.91 Å². The lowest BCUT2D eigenvalue weighted by Crippen LogP contribution is -2.21. The number of carbonyl (C=O) groups excluding carboxylic acids is 1. The second-order valence-electron chi connectivity index (χ2n) is 6.23. The highest BCUT2D eigenvalue weighted by atomic mass is 16.5. The van der Waals surface area contributed by atoms with Crippen LogP contribution in [0.5, 0.6) is 5.75 Å². The van der Waals surface area contributed by atoms with E-state index in [0.29, 0.717) is 18.1 Å². The second-order valence-corrected chi connectivity index (χ2v) is 6.23. The molecule has 0 radical (unpaired) electrons. The quantitative estimate of drug-likeness (QED) is 0.904. The van der Waals surface area contributed by atoms with E-state index in [4.69, 9.17) is 4.74 Å². The van der Waals surface area contributed by atoms with E-state index in [-0.39, 0.29) is 5.91 Å². The molecule has 2 aromatic carbocycles. The summed E-state index contributed by atoms with van der Waals surface area (Å²) >= 11 is 0. The van der Waals surface area contributed by atoms with Gasteiger partial charge in [-0.05, 0) is 48.7 Å². The number of hydrogen-bond acceptors (Lipinski definition) is 2. The standard InChI is InChI=1S/C20H21NO2/c1-13(2)15-5-7-18(8-6-15)21-20(22)17-11-16-10-14(3)4-9-19(16)23-12-17/h4-11,13H,12H2,1-3H3,(H,21,22). The lowest BCUT2D eigenvalue weighted by Gasteiger charge is -2.18. The largest absolute Gasteiger partial charge is 0.488 e. The van der Waals surface area contributed by atoms with E-state index in [0.717, 1.165) is 22.6 Å². The Morgan fingerprint density at radius 1 is 1.13 bits per heavy atom. The van der Waals surface area contributed by atoms with Crippen LogP contribution in [0, 0.1) is 6.92 Å². The number of hydrogen-bond donors (Lipinski definition) is 1. The van der Waals surface area contributed by atoms with E-state index < -0.39 is 0 Å². The number of fused-ring (bicyclic) bond motifs is 1. The molecule has 3 rings (SSSR count). The van der Waals surface area contributed by atoms with Crippen LogP contribution in [0.15, 0.2) is 48.0 Å². The second kappa shape index (κ2) is 6.29. The molecule has 1 aliphatic rings. The molecule has 0 fully saturated rings. The molecule has 0 atom stereocenters. The molecule has 0 spiro atoms. The number of amides is 1. The van der Waals surface area contributed by atoms with E-state index in [1.165, 1.54) is 5.56 Å². The first-order valence-corrected chi connectivity index (χ1v) is 7.88. The zero-order valence-corrected chi connectivity index (χ0v) is 13.7. The number of nitrogens with one attached hydrogen (secondary N) is 1. The molecule has 3 nitrogen and oxygen atoms in total. The van der Waals surface area contributed by atoms with Crippen molar-refractivity contribution in [2.24, 2.45) is 0 Å². The van der Waals surface area contributed by atoms with Gasteiger partial charge in [-0.15, -0.1) is 0 Å². The fourth-order valence-corrected chi connectivity index (χ4v) is 2.59. The number of ether oxygens (including phenoxy) is 1. The Balaban J connectivity index is 1.76. The van der Waals surface area contributed by atoms with Crippen LogP contribution >= 0.6 is 0 Å². The third kappa shape index (κ3) is 3.45. The summed E-state index contributed by atoms with van der Waals surface area (Å²) in [7, 11) is 0. The summed E-state index contributed by atoms with van der Waals surface area (Å²) in [6.07, 6.45) is 1.91. The van der Waals surface area contributed by atoms with Crippen LogP contribution in [-0.4, -0.2) is 12.5 Å². The number of benzene rings is 2. The number of rotatable bonds is 3. The minimum Gasteiger partial charge on any atom is -0.488 e. The maximum Gasteiger partial charge on any atom is 0.255 e. The minimum atomic E-state index is -0.116. The zero-order chi connectivity index (χ0) is 16.4. The summed E-state index contributed by atoms with van der Waals surface area (Å²) in [5.74, 6) is 1.19. The summed E-state index contributed by atoms with van der Waals surface area (Å²) in [6, 6.07) is 14.0. The lowest BCUT2D eigenvalue weighted by atomic mass is 10.0. The Bertz CT molecular complexity index is 758. The van der Waals surface area contributed by atoms with Crippen molar-refractivity contribution < 1.29 is 9.53 Å². The molecule has 0 saturated heterocycles. The van der Waals surface area contributed by atoms with E-state index in [1.807, 2.05) is 55.5 Å². The predicted octanol–water partition coefficient (Wildman–Crippen LogP) is 4.53. The van der Waals surface area contributed by atoms with Gasteiger partial charge >= 0.3 is 0 Å². The van der Waals surface area contributed by atoms with E-state index in [2.05, 4.69) is 19.2 Å². The van der Waals surface area contributed by atoms with Crippen molar-refractivity contribution >= 4 is 17.7 Å². The van der Waals surface area contributed by atoms with Crippen molar-refractivity contribution in [1.82, 2.24) is 0 Å². The van der Waals surface area contributed by atoms with Crippen LogP contribution in [0.2, 0.25) is 0 Å². The average molecular weight is 307 g/mol. The van der Waals surface area contributed by atoms with Crippen molar-refractivity contribution in [2.75, 3.05) is 11.9 Å². The smallest absolute Gasteiger partial charge is 0.255 e. The lowest BCUT2D eigenvalue weighted by molar-refractivity contribution is -0.113. The third-order valence-corrected chi connectivity index (χ3v) is 4.01. The van der Waals surface area contributed by atoms with Crippen LogP contribution < -0.4 is 10.1 Å². The van der Waals surface area contributed by atoms with Gasteiger partial charge in [-0.2, -0.15) is 0 Å². The first kappa shape index (κ1) is 15.3. The van der Waals surface area contributed by atoms with Gasteiger partial charge < -0.3 is 10.1 Å². The molecule has 23 heavy (non-hydrogen) atoms.